The smallest absolute Gasteiger partial charge is 0.167 e. The molecule has 108 valence electrons. The minimum absolute atomic E-state index is 0.305. The average Bonchev–Trinajstić information content (AvgIpc) is 2.97. The van der Waals surface area contributed by atoms with Gasteiger partial charge in [-0.05, 0) is 6.26 Å². The van der Waals surface area contributed by atoms with Crippen molar-refractivity contribution in [2.45, 2.75) is 23.8 Å². The molecule has 0 radical (unpaired) electrons. The van der Waals surface area contributed by atoms with Crippen LogP contribution in [0.5, 0.6) is 0 Å². The van der Waals surface area contributed by atoms with E-state index >= 15 is 0 Å². The van der Waals surface area contributed by atoms with Crippen LogP contribution in [-0.2, 0) is 4.74 Å². The summed E-state index contributed by atoms with van der Waals surface area (Å²) in [6.45, 7) is 0. The molecule has 3 heterocycles. The first-order valence-electron chi connectivity index (χ1n) is 6.03. The summed E-state index contributed by atoms with van der Waals surface area (Å²) in [7, 11) is 0. The SMILES string of the molecule is CSC[C@H]1O[C@@H](n2cnc3c(N)ncnc32)[C@H](Cl)[C@@H]1O. The predicted octanol–water partition coefficient (Wildman–Crippen LogP) is 0.637. The van der Waals surface area contributed by atoms with E-state index in [1.165, 1.54) is 6.33 Å². The van der Waals surface area contributed by atoms with Crippen LogP contribution in [0.1, 0.15) is 6.23 Å². The standard InChI is InChI=1S/C11H14ClN5O2S/c1-20-2-5-8(18)6(12)11(19-5)17-4-16-7-9(13)14-3-15-10(7)17/h3-6,8,11,18H,2H2,1H3,(H2,13,14,15)/t5-,6-,8-,11-/m1/s1. The van der Waals surface area contributed by atoms with Gasteiger partial charge in [-0.1, -0.05) is 0 Å². The predicted molar refractivity (Wildman–Crippen MR) is 77.7 cm³/mol. The molecule has 0 amide bonds. The van der Waals surface area contributed by atoms with Gasteiger partial charge in [0.2, 0.25) is 0 Å². The Kier molecular flexibility index (Phi) is 3.72. The number of nitrogen functional groups attached to an aromatic ring is 1. The molecule has 20 heavy (non-hydrogen) atoms. The normalized spacial score (nSPS) is 30.1. The first-order chi connectivity index (χ1) is 9.63. The average molecular weight is 316 g/mol. The molecule has 0 aromatic carbocycles. The quantitative estimate of drug-likeness (QED) is 0.802. The van der Waals surface area contributed by atoms with Crippen LogP contribution in [0.3, 0.4) is 0 Å². The third kappa shape index (κ3) is 2.12. The van der Waals surface area contributed by atoms with Crippen molar-refractivity contribution in [2.75, 3.05) is 17.7 Å². The van der Waals surface area contributed by atoms with Gasteiger partial charge >= 0.3 is 0 Å². The van der Waals surface area contributed by atoms with Crippen LogP contribution in [0, 0.1) is 0 Å². The van der Waals surface area contributed by atoms with Crippen LogP contribution in [0.25, 0.3) is 11.2 Å². The summed E-state index contributed by atoms with van der Waals surface area (Å²) in [4.78, 5) is 12.2. The number of anilines is 1. The first kappa shape index (κ1) is 13.9. The molecule has 7 nitrogen and oxygen atoms in total. The largest absolute Gasteiger partial charge is 0.389 e. The Morgan fingerprint density at radius 3 is 3.05 bits per heavy atom. The van der Waals surface area contributed by atoms with Gasteiger partial charge in [0.25, 0.3) is 0 Å². The number of imidazole rings is 1. The molecule has 1 fully saturated rings. The van der Waals surface area contributed by atoms with Crippen LogP contribution in [0.4, 0.5) is 5.82 Å². The van der Waals surface area contributed by atoms with E-state index in [9.17, 15) is 5.11 Å². The first-order valence-corrected chi connectivity index (χ1v) is 7.86. The maximum Gasteiger partial charge on any atom is 0.167 e. The van der Waals surface area contributed by atoms with Gasteiger partial charge in [-0.3, -0.25) is 4.57 Å². The molecule has 1 aliphatic heterocycles. The molecule has 4 atom stereocenters. The minimum Gasteiger partial charge on any atom is -0.389 e. The highest BCUT2D eigenvalue weighted by Crippen LogP contribution is 2.36. The number of halogens is 1. The monoisotopic (exact) mass is 315 g/mol. The maximum absolute atomic E-state index is 10.1. The highest BCUT2D eigenvalue weighted by Gasteiger charge is 2.43. The number of alkyl halides is 1. The van der Waals surface area contributed by atoms with Crippen molar-refractivity contribution < 1.29 is 9.84 Å². The Morgan fingerprint density at radius 2 is 2.30 bits per heavy atom. The van der Waals surface area contributed by atoms with Crippen LogP contribution in [-0.4, -0.2) is 54.2 Å². The van der Waals surface area contributed by atoms with Gasteiger partial charge in [0.15, 0.2) is 17.7 Å². The lowest BCUT2D eigenvalue weighted by atomic mass is 10.2. The summed E-state index contributed by atoms with van der Waals surface area (Å²) in [6.07, 6.45) is 3.31. The summed E-state index contributed by atoms with van der Waals surface area (Å²) in [6, 6.07) is 0. The lowest BCUT2D eigenvalue weighted by Gasteiger charge is -2.15. The second-order valence-electron chi connectivity index (χ2n) is 4.54. The van der Waals surface area contributed by atoms with E-state index in [1.54, 1.807) is 22.7 Å². The van der Waals surface area contributed by atoms with E-state index in [0.717, 1.165) is 0 Å². The summed E-state index contributed by atoms with van der Waals surface area (Å²) in [5.74, 6) is 0.976. The zero-order chi connectivity index (χ0) is 14.3. The third-order valence-electron chi connectivity index (χ3n) is 3.29. The Hall–Kier alpha value is -1.09. The molecule has 0 spiro atoms. The number of aromatic nitrogens is 4. The fourth-order valence-electron chi connectivity index (χ4n) is 2.29. The fraction of sp³-hybridized carbons (Fsp3) is 0.545. The van der Waals surface area contributed by atoms with Crippen molar-refractivity contribution in [3.8, 4) is 0 Å². The van der Waals surface area contributed by atoms with E-state index in [-0.39, 0.29) is 6.10 Å². The molecule has 0 unspecified atom stereocenters. The van der Waals surface area contributed by atoms with Crippen molar-refractivity contribution in [1.29, 1.82) is 0 Å². The molecular weight excluding hydrogens is 302 g/mol. The summed E-state index contributed by atoms with van der Waals surface area (Å²) in [5, 5.41) is 9.55. The second-order valence-corrected chi connectivity index (χ2v) is 5.95. The number of fused-ring (bicyclic) bond motifs is 1. The van der Waals surface area contributed by atoms with Gasteiger partial charge in [0.05, 0.1) is 12.4 Å². The molecule has 0 saturated carbocycles. The number of thioether (sulfide) groups is 1. The summed E-state index contributed by atoms with van der Waals surface area (Å²) >= 11 is 7.88. The van der Waals surface area contributed by atoms with Gasteiger partial charge in [-0.2, -0.15) is 11.8 Å². The Labute approximate surface area is 124 Å². The second kappa shape index (κ2) is 5.36. The molecule has 3 rings (SSSR count). The minimum atomic E-state index is -0.731. The fourth-order valence-corrected chi connectivity index (χ4v) is 3.23. The third-order valence-corrected chi connectivity index (χ3v) is 4.42. The molecule has 1 saturated heterocycles. The molecule has 0 bridgehead atoms. The lowest BCUT2D eigenvalue weighted by Crippen LogP contribution is -2.29. The lowest BCUT2D eigenvalue weighted by molar-refractivity contribution is -0.00343. The van der Waals surface area contributed by atoms with Crippen molar-refractivity contribution in [3.05, 3.63) is 12.7 Å². The van der Waals surface area contributed by atoms with Crippen LogP contribution < -0.4 is 5.73 Å². The van der Waals surface area contributed by atoms with Crippen molar-refractivity contribution >= 4 is 40.3 Å². The van der Waals surface area contributed by atoms with Crippen molar-refractivity contribution in [1.82, 2.24) is 19.5 Å². The molecule has 2 aromatic rings. The van der Waals surface area contributed by atoms with Crippen LogP contribution >= 0.6 is 23.4 Å². The van der Waals surface area contributed by atoms with Gasteiger partial charge in [0.1, 0.15) is 23.3 Å². The van der Waals surface area contributed by atoms with Gasteiger partial charge in [-0.15, -0.1) is 11.6 Å². The molecular formula is C11H14ClN5O2S. The van der Waals surface area contributed by atoms with Crippen LogP contribution in [0.15, 0.2) is 12.7 Å². The highest BCUT2D eigenvalue weighted by molar-refractivity contribution is 7.98. The van der Waals surface area contributed by atoms with Gasteiger partial charge in [0, 0.05) is 5.75 Å². The number of aliphatic hydroxyl groups is 1. The molecule has 2 aromatic heterocycles. The van der Waals surface area contributed by atoms with Crippen molar-refractivity contribution in [2.24, 2.45) is 0 Å². The van der Waals surface area contributed by atoms with E-state index in [0.29, 0.717) is 22.7 Å². The van der Waals surface area contributed by atoms with E-state index in [2.05, 4.69) is 15.0 Å². The summed E-state index contributed by atoms with van der Waals surface area (Å²) in [5.41, 5.74) is 6.80. The summed E-state index contributed by atoms with van der Waals surface area (Å²) < 4.78 is 7.53. The highest BCUT2D eigenvalue weighted by atomic mass is 35.5. The maximum atomic E-state index is 10.1. The Balaban J connectivity index is 1.97. The zero-order valence-electron chi connectivity index (χ0n) is 10.7. The van der Waals surface area contributed by atoms with Gasteiger partial charge < -0.3 is 15.6 Å². The zero-order valence-corrected chi connectivity index (χ0v) is 12.3. The van der Waals surface area contributed by atoms with E-state index in [4.69, 9.17) is 22.1 Å². The van der Waals surface area contributed by atoms with Crippen LogP contribution in [0.2, 0.25) is 0 Å². The Bertz CT molecular complexity index is 624. The number of hydrogen-bond acceptors (Lipinski definition) is 7. The molecule has 0 aliphatic carbocycles. The number of rotatable bonds is 3. The molecule has 3 N–H and O–H groups in total. The molecule has 1 aliphatic rings. The van der Waals surface area contributed by atoms with Gasteiger partial charge in [-0.25, -0.2) is 15.0 Å². The number of ether oxygens (including phenoxy) is 1. The van der Waals surface area contributed by atoms with Crippen molar-refractivity contribution in [3.63, 3.8) is 0 Å². The number of aliphatic hydroxyl groups excluding tert-OH is 1. The number of hydrogen-bond donors (Lipinski definition) is 2. The topological polar surface area (TPSA) is 99.1 Å². The Morgan fingerprint density at radius 1 is 1.50 bits per heavy atom. The van der Waals surface area contributed by atoms with E-state index < -0.39 is 17.7 Å². The van der Waals surface area contributed by atoms with E-state index in [1.807, 2.05) is 6.26 Å². The molecule has 9 heteroatoms. The number of nitrogens with zero attached hydrogens (tertiary/aromatic N) is 4. The number of nitrogens with two attached hydrogens (primary N) is 1.